The Balaban J connectivity index is 1.54. The van der Waals surface area contributed by atoms with Crippen molar-refractivity contribution in [3.8, 4) is 0 Å². The summed E-state index contributed by atoms with van der Waals surface area (Å²) in [7, 11) is 0. The lowest BCUT2D eigenvalue weighted by Crippen LogP contribution is -2.54. The number of urea groups is 1. The highest BCUT2D eigenvalue weighted by molar-refractivity contribution is 9.10. The number of benzene rings is 1. The van der Waals surface area contributed by atoms with E-state index in [0.29, 0.717) is 13.0 Å². The SMILES string of the molecule is CC1CCCCC12NC(=O)N(CC(=O)N1CCCc3cc(Br)ccc31)C2=O. The number of hydrogen-bond acceptors (Lipinski definition) is 3. The number of halogens is 1. The second-order valence-corrected chi connectivity index (χ2v) is 8.78. The molecule has 6 nitrogen and oxygen atoms in total. The molecule has 27 heavy (non-hydrogen) atoms. The first kappa shape index (κ1) is 18.5. The van der Waals surface area contributed by atoms with Crippen LogP contribution in [0.1, 0.15) is 44.6 Å². The number of fused-ring (bicyclic) bond motifs is 1. The molecule has 2 unspecified atom stereocenters. The van der Waals surface area contributed by atoms with Crippen molar-refractivity contribution in [2.24, 2.45) is 5.92 Å². The zero-order valence-electron chi connectivity index (χ0n) is 15.5. The van der Waals surface area contributed by atoms with Gasteiger partial charge in [-0.1, -0.05) is 35.7 Å². The minimum absolute atomic E-state index is 0.0934. The van der Waals surface area contributed by atoms with Crippen LogP contribution in [0, 0.1) is 5.92 Å². The van der Waals surface area contributed by atoms with Gasteiger partial charge in [0, 0.05) is 16.7 Å². The topological polar surface area (TPSA) is 69.7 Å². The van der Waals surface area contributed by atoms with Gasteiger partial charge in [0.2, 0.25) is 5.91 Å². The fraction of sp³-hybridized carbons (Fsp3) is 0.550. The molecular formula is C20H24BrN3O3. The van der Waals surface area contributed by atoms with Gasteiger partial charge in [0.1, 0.15) is 12.1 Å². The van der Waals surface area contributed by atoms with Crippen LogP contribution in [0.25, 0.3) is 0 Å². The van der Waals surface area contributed by atoms with Crippen LogP contribution >= 0.6 is 15.9 Å². The van der Waals surface area contributed by atoms with Crippen LogP contribution in [0.4, 0.5) is 10.5 Å². The number of carbonyl (C=O) groups excluding carboxylic acids is 3. The maximum atomic E-state index is 13.1. The molecular weight excluding hydrogens is 410 g/mol. The number of aryl methyl sites for hydroxylation is 1. The molecule has 1 spiro atoms. The van der Waals surface area contributed by atoms with E-state index in [1.54, 1.807) is 4.90 Å². The zero-order chi connectivity index (χ0) is 19.2. The Labute approximate surface area is 167 Å². The van der Waals surface area contributed by atoms with Gasteiger partial charge in [0.05, 0.1) is 0 Å². The minimum atomic E-state index is -0.819. The molecule has 4 amide bonds. The smallest absolute Gasteiger partial charge is 0.323 e. The fourth-order valence-electron chi connectivity index (χ4n) is 4.68. The Morgan fingerprint density at radius 2 is 2.11 bits per heavy atom. The Bertz CT molecular complexity index is 812. The standard InChI is InChI=1S/C20H24BrN3O3/c1-13-5-2-3-9-20(13)18(26)24(19(27)22-20)12-17(25)23-10-4-6-14-11-15(21)7-8-16(14)23/h7-8,11,13H,2-6,9-10,12H2,1H3,(H,22,27). The van der Waals surface area contributed by atoms with Gasteiger partial charge in [-0.15, -0.1) is 0 Å². The molecule has 2 atom stereocenters. The third kappa shape index (κ3) is 3.06. The Morgan fingerprint density at radius 1 is 1.30 bits per heavy atom. The molecule has 1 aromatic rings. The maximum absolute atomic E-state index is 13.1. The Kier molecular flexibility index (Phi) is 4.74. The average Bonchev–Trinajstić information content (AvgIpc) is 2.88. The minimum Gasteiger partial charge on any atom is -0.323 e. The van der Waals surface area contributed by atoms with Crippen LogP contribution in [-0.2, 0) is 16.0 Å². The van der Waals surface area contributed by atoms with Gasteiger partial charge >= 0.3 is 6.03 Å². The molecule has 4 rings (SSSR count). The highest BCUT2D eigenvalue weighted by Gasteiger charge is 2.55. The van der Waals surface area contributed by atoms with E-state index in [2.05, 4.69) is 21.2 Å². The fourth-order valence-corrected chi connectivity index (χ4v) is 5.09. The van der Waals surface area contributed by atoms with Crippen LogP contribution in [0.15, 0.2) is 22.7 Å². The zero-order valence-corrected chi connectivity index (χ0v) is 17.0. The van der Waals surface area contributed by atoms with E-state index in [0.717, 1.165) is 52.7 Å². The molecule has 1 aromatic carbocycles. The van der Waals surface area contributed by atoms with E-state index >= 15 is 0 Å². The average molecular weight is 434 g/mol. The predicted octanol–water partition coefficient (Wildman–Crippen LogP) is 3.23. The summed E-state index contributed by atoms with van der Waals surface area (Å²) in [5.41, 5.74) is 1.17. The van der Waals surface area contributed by atoms with Gasteiger partial charge in [-0.2, -0.15) is 0 Å². The summed E-state index contributed by atoms with van der Waals surface area (Å²) < 4.78 is 0.984. The first-order valence-corrected chi connectivity index (χ1v) is 10.4. The Morgan fingerprint density at radius 3 is 2.89 bits per heavy atom. The lowest BCUT2D eigenvalue weighted by molar-refractivity contribution is -0.136. The molecule has 2 aliphatic heterocycles. The van der Waals surface area contributed by atoms with Crippen molar-refractivity contribution in [1.82, 2.24) is 10.2 Å². The Hall–Kier alpha value is -1.89. The van der Waals surface area contributed by atoms with Gasteiger partial charge < -0.3 is 10.2 Å². The third-order valence-corrected chi connectivity index (χ3v) is 6.75. The lowest BCUT2D eigenvalue weighted by Gasteiger charge is -2.37. The van der Waals surface area contributed by atoms with Gasteiger partial charge in [0.15, 0.2) is 0 Å². The molecule has 2 heterocycles. The summed E-state index contributed by atoms with van der Waals surface area (Å²) in [6, 6.07) is 5.43. The normalized spacial score (nSPS) is 27.7. The highest BCUT2D eigenvalue weighted by atomic mass is 79.9. The number of carbonyl (C=O) groups is 3. The molecule has 1 N–H and O–H groups in total. The number of hydrogen-bond donors (Lipinski definition) is 1. The summed E-state index contributed by atoms with van der Waals surface area (Å²) in [5.74, 6) is -0.348. The van der Waals surface area contributed by atoms with Gasteiger partial charge in [-0.25, -0.2) is 4.79 Å². The molecule has 0 aromatic heterocycles. The van der Waals surface area contributed by atoms with Crippen LogP contribution < -0.4 is 10.2 Å². The summed E-state index contributed by atoms with van der Waals surface area (Å²) in [4.78, 5) is 41.4. The van der Waals surface area contributed by atoms with E-state index in [1.807, 2.05) is 25.1 Å². The van der Waals surface area contributed by atoms with Gasteiger partial charge in [-0.3, -0.25) is 14.5 Å². The third-order valence-electron chi connectivity index (χ3n) is 6.26. The highest BCUT2D eigenvalue weighted by Crippen LogP contribution is 2.38. The van der Waals surface area contributed by atoms with Crippen LogP contribution in [0.2, 0.25) is 0 Å². The molecule has 144 valence electrons. The number of rotatable bonds is 2. The first-order chi connectivity index (χ1) is 12.9. The second-order valence-electron chi connectivity index (χ2n) is 7.86. The van der Waals surface area contributed by atoms with Crippen molar-refractivity contribution in [3.63, 3.8) is 0 Å². The molecule has 1 saturated carbocycles. The summed E-state index contributed by atoms with van der Waals surface area (Å²) in [5, 5.41) is 2.91. The summed E-state index contributed by atoms with van der Waals surface area (Å²) >= 11 is 3.47. The number of amides is 4. The molecule has 7 heteroatoms. The second kappa shape index (κ2) is 6.93. The molecule has 3 aliphatic rings. The van der Waals surface area contributed by atoms with Crippen molar-refractivity contribution in [2.75, 3.05) is 18.0 Å². The number of nitrogens with zero attached hydrogens (tertiary/aromatic N) is 2. The number of imide groups is 1. The van der Waals surface area contributed by atoms with E-state index in [9.17, 15) is 14.4 Å². The van der Waals surface area contributed by atoms with Crippen molar-refractivity contribution >= 4 is 39.5 Å². The van der Waals surface area contributed by atoms with Gasteiger partial charge in [-0.05, 0) is 55.4 Å². The van der Waals surface area contributed by atoms with Gasteiger partial charge in [0.25, 0.3) is 5.91 Å². The van der Waals surface area contributed by atoms with E-state index < -0.39 is 11.6 Å². The summed E-state index contributed by atoms with van der Waals surface area (Å²) in [6.07, 6.45) is 5.36. The largest absolute Gasteiger partial charge is 0.325 e. The van der Waals surface area contributed by atoms with E-state index in [-0.39, 0.29) is 24.3 Å². The number of nitrogens with one attached hydrogen (secondary N) is 1. The molecule has 1 saturated heterocycles. The summed E-state index contributed by atoms with van der Waals surface area (Å²) in [6.45, 7) is 2.43. The van der Waals surface area contributed by atoms with Crippen LogP contribution in [0.5, 0.6) is 0 Å². The van der Waals surface area contributed by atoms with Crippen molar-refractivity contribution in [2.45, 2.75) is 51.0 Å². The number of anilines is 1. The first-order valence-electron chi connectivity index (χ1n) is 9.65. The van der Waals surface area contributed by atoms with Crippen molar-refractivity contribution in [3.05, 3.63) is 28.2 Å². The van der Waals surface area contributed by atoms with E-state index in [1.165, 1.54) is 0 Å². The van der Waals surface area contributed by atoms with Crippen molar-refractivity contribution in [1.29, 1.82) is 0 Å². The molecule has 0 bridgehead atoms. The quantitative estimate of drug-likeness (QED) is 0.727. The maximum Gasteiger partial charge on any atom is 0.325 e. The molecule has 1 aliphatic carbocycles. The van der Waals surface area contributed by atoms with E-state index in [4.69, 9.17) is 0 Å². The molecule has 2 fully saturated rings. The lowest BCUT2D eigenvalue weighted by atomic mass is 9.73. The van der Waals surface area contributed by atoms with Crippen LogP contribution in [0.3, 0.4) is 0 Å². The monoisotopic (exact) mass is 433 g/mol. The molecule has 0 radical (unpaired) electrons. The van der Waals surface area contributed by atoms with Crippen molar-refractivity contribution < 1.29 is 14.4 Å². The van der Waals surface area contributed by atoms with Crippen LogP contribution in [-0.4, -0.2) is 41.4 Å². The predicted molar refractivity (Wildman–Crippen MR) is 105 cm³/mol.